The van der Waals surface area contributed by atoms with Crippen LogP contribution in [-0.4, -0.2) is 15.0 Å². The van der Waals surface area contributed by atoms with Gasteiger partial charge < -0.3 is 9.73 Å². The van der Waals surface area contributed by atoms with Crippen molar-refractivity contribution in [2.75, 3.05) is 5.32 Å². The summed E-state index contributed by atoms with van der Waals surface area (Å²) in [5.74, 6) is 1.03. The Bertz CT molecular complexity index is 1310. The van der Waals surface area contributed by atoms with Gasteiger partial charge in [-0.15, -0.1) is 11.3 Å². The highest BCUT2D eigenvalue weighted by Crippen LogP contribution is 2.37. The summed E-state index contributed by atoms with van der Waals surface area (Å²) in [5, 5.41) is 4.04. The van der Waals surface area contributed by atoms with Crippen LogP contribution in [0, 0.1) is 6.92 Å². The summed E-state index contributed by atoms with van der Waals surface area (Å²) in [6.45, 7) is 2.05. The number of aryl methyl sites for hydroxylation is 1. The molecule has 0 amide bonds. The molecular formula is C24H17N3OS2. The third-order valence-electron chi connectivity index (χ3n) is 4.69. The molecular weight excluding hydrogens is 410 g/mol. The van der Waals surface area contributed by atoms with Gasteiger partial charge in [-0.05, 0) is 31.2 Å². The lowest BCUT2D eigenvalue weighted by Crippen LogP contribution is -2.10. The topological polar surface area (TPSA) is 51.0 Å². The van der Waals surface area contributed by atoms with Crippen molar-refractivity contribution in [1.82, 2.24) is 9.97 Å². The quantitative estimate of drug-likeness (QED) is 0.323. The van der Waals surface area contributed by atoms with Gasteiger partial charge in [0.1, 0.15) is 10.00 Å². The van der Waals surface area contributed by atoms with Gasteiger partial charge in [-0.25, -0.2) is 9.97 Å². The molecule has 1 N–H and O–H groups in total. The van der Waals surface area contributed by atoms with Gasteiger partial charge in [-0.2, -0.15) is 0 Å². The molecule has 0 saturated heterocycles. The number of nitrogens with zero attached hydrogens (tertiary/aromatic N) is 2. The first kappa shape index (κ1) is 18.7. The summed E-state index contributed by atoms with van der Waals surface area (Å²) in [7, 11) is 0. The summed E-state index contributed by atoms with van der Waals surface area (Å²) < 4.78 is 7.22. The van der Waals surface area contributed by atoms with Crippen molar-refractivity contribution in [1.29, 1.82) is 0 Å². The van der Waals surface area contributed by atoms with E-state index in [-0.39, 0.29) is 0 Å². The van der Waals surface area contributed by atoms with E-state index in [0.29, 0.717) is 22.5 Å². The Morgan fingerprint density at radius 2 is 1.63 bits per heavy atom. The number of thiazole rings is 1. The number of rotatable bonds is 4. The van der Waals surface area contributed by atoms with Gasteiger partial charge in [0.25, 0.3) is 0 Å². The monoisotopic (exact) mass is 427 g/mol. The Labute approximate surface area is 183 Å². The molecule has 146 valence electrons. The molecule has 0 aliphatic carbocycles. The number of anilines is 1. The molecule has 0 spiro atoms. The van der Waals surface area contributed by atoms with Crippen molar-refractivity contribution in [3.05, 3.63) is 90.0 Å². The number of fused-ring (bicyclic) bond motifs is 1. The second-order valence-electron chi connectivity index (χ2n) is 6.87. The Morgan fingerprint density at radius 3 is 2.40 bits per heavy atom. The molecule has 6 heteroatoms. The van der Waals surface area contributed by atoms with E-state index in [9.17, 15) is 0 Å². The second kappa shape index (κ2) is 7.82. The van der Waals surface area contributed by atoms with E-state index in [4.69, 9.17) is 26.6 Å². The minimum Gasteiger partial charge on any atom is -0.420 e. The number of hydrogen-bond acceptors (Lipinski definition) is 5. The zero-order valence-electron chi connectivity index (χ0n) is 16.1. The fraction of sp³-hybridized carbons (Fsp3) is 0.0417. The van der Waals surface area contributed by atoms with Gasteiger partial charge >= 0.3 is 0 Å². The van der Waals surface area contributed by atoms with Crippen molar-refractivity contribution in [2.24, 2.45) is 0 Å². The maximum absolute atomic E-state index is 6.12. The van der Waals surface area contributed by atoms with Gasteiger partial charge in [0, 0.05) is 11.1 Å². The molecule has 0 saturated carbocycles. The maximum Gasteiger partial charge on any atom is 0.229 e. The molecule has 0 fully saturated rings. The highest BCUT2D eigenvalue weighted by atomic mass is 32.1. The first-order valence-electron chi connectivity index (χ1n) is 9.47. The lowest BCUT2D eigenvalue weighted by atomic mass is 10.1. The molecule has 4 nitrogen and oxygen atoms in total. The number of oxazole rings is 1. The predicted molar refractivity (Wildman–Crippen MR) is 127 cm³/mol. The molecule has 0 bridgehead atoms. The zero-order valence-corrected chi connectivity index (χ0v) is 17.8. The van der Waals surface area contributed by atoms with E-state index in [1.165, 1.54) is 5.56 Å². The Hall–Kier alpha value is -3.35. The average Bonchev–Trinajstić information content (AvgIpc) is 3.39. The number of hydrogen-bond donors (Lipinski definition) is 1. The molecule has 2 heterocycles. The molecule has 0 radical (unpaired) electrons. The van der Waals surface area contributed by atoms with Crippen molar-refractivity contribution < 1.29 is 4.42 Å². The minimum absolute atomic E-state index is 0.499. The zero-order chi connectivity index (χ0) is 20.5. The van der Waals surface area contributed by atoms with Crippen molar-refractivity contribution >= 4 is 44.6 Å². The smallest absolute Gasteiger partial charge is 0.229 e. The van der Waals surface area contributed by atoms with E-state index in [0.717, 1.165) is 26.4 Å². The van der Waals surface area contributed by atoms with Crippen LogP contribution >= 0.6 is 23.6 Å². The summed E-state index contributed by atoms with van der Waals surface area (Å²) >= 11 is 7.21. The van der Waals surface area contributed by atoms with E-state index in [2.05, 4.69) is 11.4 Å². The highest BCUT2D eigenvalue weighted by molar-refractivity contribution is 7.81. The lowest BCUT2D eigenvalue weighted by molar-refractivity contribution is 0.593. The number of nitrogens with one attached hydrogen (secondary N) is 1. The van der Waals surface area contributed by atoms with Crippen LogP contribution in [0.4, 0.5) is 5.88 Å². The summed E-state index contributed by atoms with van der Waals surface area (Å²) in [6.07, 6.45) is 0. The average molecular weight is 428 g/mol. The first-order valence-corrected chi connectivity index (χ1v) is 10.7. The van der Waals surface area contributed by atoms with Crippen molar-refractivity contribution in [3.63, 3.8) is 0 Å². The molecule has 0 atom stereocenters. The van der Waals surface area contributed by atoms with Crippen LogP contribution in [0.3, 0.4) is 0 Å². The molecule has 5 rings (SSSR count). The van der Waals surface area contributed by atoms with E-state index in [1.807, 2.05) is 79.7 Å². The van der Waals surface area contributed by atoms with Gasteiger partial charge in [-0.1, -0.05) is 72.4 Å². The van der Waals surface area contributed by atoms with Crippen molar-refractivity contribution in [3.8, 4) is 22.2 Å². The molecule has 5 aromatic rings. The van der Waals surface area contributed by atoms with Crippen LogP contribution in [0.5, 0.6) is 0 Å². The number of benzene rings is 3. The molecule has 0 aliphatic heterocycles. The highest BCUT2D eigenvalue weighted by Gasteiger charge is 2.21. The largest absolute Gasteiger partial charge is 0.420 e. The van der Waals surface area contributed by atoms with Crippen LogP contribution < -0.4 is 5.32 Å². The van der Waals surface area contributed by atoms with E-state index < -0.39 is 0 Å². The number of aromatic nitrogens is 2. The Balaban J connectivity index is 1.58. The molecule has 0 aliphatic rings. The van der Waals surface area contributed by atoms with Gasteiger partial charge in [0.05, 0.1) is 10.2 Å². The fourth-order valence-corrected chi connectivity index (χ4v) is 4.29. The maximum atomic E-state index is 6.12. The van der Waals surface area contributed by atoms with Crippen LogP contribution in [-0.2, 0) is 0 Å². The van der Waals surface area contributed by atoms with Gasteiger partial charge in [0.15, 0.2) is 5.69 Å². The predicted octanol–water partition coefficient (Wildman–Crippen LogP) is 6.71. The SMILES string of the molecule is Cc1ccc(C(=S)Nc2oc(-c3ccccc3)nc2-c2nc3ccccc3s2)cc1. The van der Waals surface area contributed by atoms with Crippen molar-refractivity contribution in [2.45, 2.75) is 6.92 Å². The molecule has 0 unspecified atom stereocenters. The summed E-state index contributed by atoms with van der Waals surface area (Å²) in [6, 6.07) is 25.9. The minimum atomic E-state index is 0.499. The fourth-order valence-electron chi connectivity index (χ4n) is 3.11. The Morgan fingerprint density at radius 1 is 0.900 bits per heavy atom. The second-order valence-corrected chi connectivity index (χ2v) is 8.31. The van der Waals surface area contributed by atoms with Crippen LogP contribution in [0.2, 0.25) is 0 Å². The molecule has 30 heavy (non-hydrogen) atoms. The summed E-state index contributed by atoms with van der Waals surface area (Å²) in [4.78, 5) is 10.1. The first-order chi connectivity index (χ1) is 14.7. The number of thiocarbonyl (C=S) groups is 1. The summed E-state index contributed by atoms with van der Waals surface area (Å²) in [5.41, 5.74) is 4.60. The van der Waals surface area contributed by atoms with Crippen LogP contribution in [0.25, 0.3) is 32.4 Å². The normalized spacial score (nSPS) is 11.0. The molecule has 3 aromatic carbocycles. The van der Waals surface area contributed by atoms with Crippen LogP contribution in [0.1, 0.15) is 11.1 Å². The van der Waals surface area contributed by atoms with Crippen LogP contribution in [0.15, 0.2) is 83.3 Å². The Kier molecular flexibility index (Phi) is 4.86. The van der Waals surface area contributed by atoms with E-state index >= 15 is 0 Å². The third kappa shape index (κ3) is 3.63. The number of para-hydroxylation sites is 1. The van der Waals surface area contributed by atoms with Gasteiger partial charge in [0.2, 0.25) is 11.8 Å². The third-order valence-corrected chi connectivity index (χ3v) is 6.07. The van der Waals surface area contributed by atoms with Gasteiger partial charge in [-0.3, -0.25) is 0 Å². The standard InChI is InChI=1S/C24H17N3OS2/c1-15-11-13-17(14-12-15)23(29)27-22-20(24-25-18-9-5-6-10-19(18)30-24)26-21(28-22)16-7-3-2-4-8-16/h2-14H,1H3,(H,27,29). The lowest BCUT2D eigenvalue weighted by Gasteiger charge is -2.06. The van der Waals surface area contributed by atoms with E-state index in [1.54, 1.807) is 11.3 Å². The molecule has 2 aromatic heterocycles.